The molecule has 0 radical (unpaired) electrons. The molecule has 2 heterocycles. The Hall–Kier alpha value is -2.94. The van der Waals surface area contributed by atoms with Gasteiger partial charge in [-0.05, 0) is 31.2 Å². The number of piperidine rings is 1. The van der Waals surface area contributed by atoms with Crippen molar-refractivity contribution in [1.82, 2.24) is 19.9 Å². The summed E-state index contributed by atoms with van der Waals surface area (Å²) in [5.41, 5.74) is -0.235. The van der Waals surface area contributed by atoms with Crippen molar-refractivity contribution < 1.29 is 24.5 Å². The summed E-state index contributed by atoms with van der Waals surface area (Å²) >= 11 is 0. The number of carboxylic acid groups (broad SMARTS) is 1. The Morgan fingerprint density at radius 1 is 1.19 bits per heavy atom. The van der Waals surface area contributed by atoms with E-state index in [1.165, 1.54) is 4.90 Å². The molecule has 2 N–H and O–H groups in total. The van der Waals surface area contributed by atoms with E-state index >= 15 is 0 Å². The summed E-state index contributed by atoms with van der Waals surface area (Å²) in [6, 6.07) is 7.19. The van der Waals surface area contributed by atoms with Crippen LogP contribution in [0, 0.1) is 6.92 Å². The number of ether oxygens (including phenoxy) is 1. The summed E-state index contributed by atoms with van der Waals surface area (Å²) in [5.74, 6) is -0.872. The number of hydrogen-bond donors (Lipinski definition) is 2. The lowest BCUT2D eigenvalue weighted by Crippen LogP contribution is -2.51. The number of carbonyl (C=O) groups excluding carboxylic acids is 1. The minimum Gasteiger partial charge on any atom is -0.497 e. The lowest BCUT2D eigenvalue weighted by molar-refractivity contribution is -0.162. The molecule has 0 saturated carbocycles. The molecular formula is C17H20N4O5. The molecule has 1 aromatic heterocycles. The zero-order valence-electron chi connectivity index (χ0n) is 14.5. The minimum absolute atomic E-state index is 0.0141. The van der Waals surface area contributed by atoms with Crippen LogP contribution >= 0.6 is 0 Å². The van der Waals surface area contributed by atoms with Gasteiger partial charge in [0, 0.05) is 25.9 Å². The number of amides is 1. The number of methoxy groups -OCH3 is 1. The fourth-order valence-electron chi connectivity index (χ4n) is 2.94. The predicted octanol–water partition coefficient (Wildman–Crippen LogP) is 0.636. The second-order valence-electron chi connectivity index (χ2n) is 6.26. The molecule has 1 aromatic carbocycles. The molecule has 1 aliphatic rings. The molecule has 0 aliphatic carbocycles. The number of rotatable bonds is 4. The average molecular weight is 360 g/mol. The number of hydrogen-bond acceptors (Lipinski definition) is 6. The van der Waals surface area contributed by atoms with Crippen molar-refractivity contribution in [2.24, 2.45) is 0 Å². The first-order valence-electron chi connectivity index (χ1n) is 8.17. The second-order valence-corrected chi connectivity index (χ2v) is 6.26. The highest BCUT2D eigenvalue weighted by Crippen LogP contribution is 2.24. The Balaban J connectivity index is 1.77. The lowest BCUT2D eigenvalue weighted by Gasteiger charge is -2.35. The highest BCUT2D eigenvalue weighted by Gasteiger charge is 2.41. The van der Waals surface area contributed by atoms with Crippen molar-refractivity contribution in [3.8, 4) is 11.4 Å². The minimum atomic E-state index is -1.77. The maximum Gasteiger partial charge on any atom is 0.335 e. The Bertz CT molecular complexity index is 822. The van der Waals surface area contributed by atoms with Crippen molar-refractivity contribution in [2.45, 2.75) is 25.4 Å². The van der Waals surface area contributed by atoms with E-state index in [4.69, 9.17) is 9.84 Å². The van der Waals surface area contributed by atoms with Gasteiger partial charge in [-0.25, -0.2) is 9.48 Å². The molecule has 1 aliphatic heterocycles. The zero-order chi connectivity index (χ0) is 18.9. The van der Waals surface area contributed by atoms with Crippen LogP contribution in [0.1, 0.15) is 29.0 Å². The maximum atomic E-state index is 12.7. The van der Waals surface area contributed by atoms with Gasteiger partial charge in [-0.3, -0.25) is 4.79 Å². The van der Waals surface area contributed by atoms with E-state index in [-0.39, 0.29) is 37.5 Å². The Morgan fingerprint density at radius 2 is 1.81 bits per heavy atom. The molecule has 26 heavy (non-hydrogen) atoms. The van der Waals surface area contributed by atoms with Crippen LogP contribution in [-0.4, -0.2) is 67.8 Å². The van der Waals surface area contributed by atoms with E-state index in [0.29, 0.717) is 11.4 Å². The van der Waals surface area contributed by atoms with Gasteiger partial charge in [0.25, 0.3) is 5.91 Å². The van der Waals surface area contributed by atoms with Gasteiger partial charge >= 0.3 is 5.97 Å². The smallest absolute Gasteiger partial charge is 0.335 e. The van der Waals surface area contributed by atoms with E-state index in [1.807, 2.05) is 12.1 Å². The van der Waals surface area contributed by atoms with E-state index in [0.717, 1.165) is 5.69 Å². The van der Waals surface area contributed by atoms with Crippen LogP contribution in [-0.2, 0) is 4.79 Å². The summed E-state index contributed by atoms with van der Waals surface area (Å²) in [6.45, 7) is 2.04. The lowest BCUT2D eigenvalue weighted by atomic mass is 9.91. The first kappa shape index (κ1) is 17.9. The standard InChI is InChI=1S/C17H20N4O5/c1-11-14(15(22)20-9-7-17(25,8-10-20)16(23)24)18-19-21(11)12-3-5-13(26-2)6-4-12/h3-6,25H,7-10H2,1-2H3,(H,23,24). The van der Waals surface area contributed by atoms with E-state index in [2.05, 4.69) is 10.3 Å². The number of aliphatic carboxylic acids is 1. The summed E-state index contributed by atoms with van der Waals surface area (Å²) in [4.78, 5) is 25.3. The van der Waals surface area contributed by atoms with Gasteiger partial charge in [-0.1, -0.05) is 5.21 Å². The Morgan fingerprint density at radius 3 is 2.35 bits per heavy atom. The van der Waals surface area contributed by atoms with Crippen molar-refractivity contribution in [3.05, 3.63) is 35.7 Å². The molecule has 9 heteroatoms. The van der Waals surface area contributed by atoms with Gasteiger partial charge in [0.15, 0.2) is 11.3 Å². The molecule has 0 atom stereocenters. The third-order valence-electron chi connectivity index (χ3n) is 4.69. The van der Waals surface area contributed by atoms with Gasteiger partial charge in [-0.2, -0.15) is 0 Å². The number of nitrogens with zero attached hydrogens (tertiary/aromatic N) is 4. The SMILES string of the molecule is COc1ccc(-n2nnc(C(=O)N3CCC(O)(C(=O)O)CC3)c2C)cc1. The third kappa shape index (κ3) is 3.13. The number of aliphatic hydroxyl groups is 1. The molecule has 0 unspecified atom stereocenters. The molecule has 0 bridgehead atoms. The molecule has 2 aromatic rings. The fourth-order valence-corrected chi connectivity index (χ4v) is 2.94. The van der Waals surface area contributed by atoms with Gasteiger partial charge < -0.3 is 19.8 Å². The van der Waals surface area contributed by atoms with Crippen molar-refractivity contribution in [2.75, 3.05) is 20.2 Å². The van der Waals surface area contributed by atoms with E-state index < -0.39 is 11.6 Å². The van der Waals surface area contributed by atoms with Crippen LogP contribution in [0.15, 0.2) is 24.3 Å². The first-order valence-corrected chi connectivity index (χ1v) is 8.17. The molecule has 1 fully saturated rings. The maximum absolute atomic E-state index is 12.7. The quantitative estimate of drug-likeness (QED) is 0.821. The van der Waals surface area contributed by atoms with Gasteiger partial charge in [-0.15, -0.1) is 5.10 Å². The Labute approximate surface area is 149 Å². The predicted molar refractivity (Wildman–Crippen MR) is 90.4 cm³/mol. The summed E-state index contributed by atoms with van der Waals surface area (Å²) in [6.07, 6.45) is -0.0283. The van der Waals surface area contributed by atoms with Crippen LogP contribution in [0.25, 0.3) is 5.69 Å². The summed E-state index contributed by atoms with van der Waals surface area (Å²) in [5, 5.41) is 27.1. The largest absolute Gasteiger partial charge is 0.497 e. The van der Waals surface area contributed by atoms with Crippen LogP contribution in [0.2, 0.25) is 0 Å². The highest BCUT2D eigenvalue weighted by molar-refractivity contribution is 5.93. The molecule has 9 nitrogen and oxygen atoms in total. The third-order valence-corrected chi connectivity index (χ3v) is 4.69. The molecule has 3 rings (SSSR count). The van der Waals surface area contributed by atoms with Crippen molar-refractivity contribution in [1.29, 1.82) is 0 Å². The average Bonchev–Trinajstić information content (AvgIpc) is 3.03. The zero-order valence-corrected chi connectivity index (χ0v) is 14.5. The number of aromatic nitrogens is 3. The molecule has 0 spiro atoms. The topological polar surface area (TPSA) is 118 Å². The van der Waals surface area contributed by atoms with Gasteiger partial charge in [0.2, 0.25) is 0 Å². The highest BCUT2D eigenvalue weighted by atomic mass is 16.5. The first-order chi connectivity index (χ1) is 12.4. The summed E-state index contributed by atoms with van der Waals surface area (Å²) in [7, 11) is 1.58. The normalized spacial score (nSPS) is 16.3. The number of carboxylic acids is 1. The molecule has 138 valence electrons. The molecule has 1 amide bonds. The van der Waals surface area contributed by atoms with Crippen LogP contribution in [0.4, 0.5) is 0 Å². The monoisotopic (exact) mass is 360 g/mol. The van der Waals surface area contributed by atoms with Gasteiger partial charge in [0.1, 0.15) is 5.75 Å². The fraction of sp³-hybridized carbons (Fsp3) is 0.412. The summed E-state index contributed by atoms with van der Waals surface area (Å²) < 4.78 is 6.68. The van der Waals surface area contributed by atoms with Crippen molar-refractivity contribution >= 4 is 11.9 Å². The number of likely N-dealkylation sites (tertiary alicyclic amines) is 1. The molecular weight excluding hydrogens is 340 g/mol. The Kier molecular flexibility index (Phi) is 4.64. The van der Waals surface area contributed by atoms with Crippen LogP contribution < -0.4 is 4.74 Å². The molecule has 1 saturated heterocycles. The number of benzene rings is 1. The van der Waals surface area contributed by atoms with Crippen LogP contribution in [0.3, 0.4) is 0 Å². The second kappa shape index (κ2) is 6.75. The van der Waals surface area contributed by atoms with Gasteiger partial charge in [0.05, 0.1) is 18.5 Å². The van der Waals surface area contributed by atoms with Crippen LogP contribution in [0.5, 0.6) is 5.75 Å². The number of carbonyl (C=O) groups is 2. The van der Waals surface area contributed by atoms with Crippen molar-refractivity contribution in [3.63, 3.8) is 0 Å². The van der Waals surface area contributed by atoms with E-state index in [1.54, 1.807) is 30.8 Å². The van der Waals surface area contributed by atoms with E-state index in [9.17, 15) is 14.7 Å².